The summed E-state index contributed by atoms with van der Waals surface area (Å²) < 4.78 is 41.9. The number of hydrogen-bond acceptors (Lipinski definition) is 7. The Balaban J connectivity index is 1.60. The number of halogens is 3. The van der Waals surface area contributed by atoms with E-state index in [9.17, 15) is 23.1 Å². The number of primary amides is 1. The molecule has 31 heavy (non-hydrogen) atoms. The number of anilines is 2. The number of alkyl halides is 3. The van der Waals surface area contributed by atoms with Gasteiger partial charge in [-0.2, -0.15) is 18.2 Å². The van der Waals surface area contributed by atoms with E-state index in [0.29, 0.717) is 49.8 Å². The number of nitrogens with two attached hydrogens (primary N) is 1. The minimum atomic E-state index is -4.32. The van der Waals surface area contributed by atoms with Crippen LogP contribution in [0.2, 0.25) is 0 Å². The van der Waals surface area contributed by atoms with E-state index in [1.54, 1.807) is 0 Å². The van der Waals surface area contributed by atoms with Crippen LogP contribution in [0.25, 0.3) is 0 Å². The molecule has 1 aromatic heterocycles. The van der Waals surface area contributed by atoms with E-state index in [0.717, 1.165) is 19.3 Å². The second kappa shape index (κ2) is 10.4. The van der Waals surface area contributed by atoms with Crippen LogP contribution in [0, 0.1) is 5.92 Å². The summed E-state index contributed by atoms with van der Waals surface area (Å²) in [7, 11) is 0. The molecule has 0 aromatic carbocycles. The molecule has 11 heteroatoms. The third-order valence-corrected chi connectivity index (χ3v) is 6.03. The molecule has 5 N–H and O–H groups in total. The van der Waals surface area contributed by atoms with Gasteiger partial charge in [-0.05, 0) is 50.9 Å². The van der Waals surface area contributed by atoms with Crippen molar-refractivity contribution in [3.8, 4) is 0 Å². The number of nitrogens with one attached hydrogen (secondary N) is 2. The summed E-state index contributed by atoms with van der Waals surface area (Å²) in [4.78, 5) is 20.5. The minimum Gasteiger partial charge on any atom is -0.396 e. The second-order valence-corrected chi connectivity index (χ2v) is 8.32. The number of aliphatic hydroxyl groups is 1. The van der Waals surface area contributed by atoms with Crippen LogP contribution in [0.5, 0.6) is 0 Å². The summed E-state index contributed by atoms with van der Waals surface area (Å²) in [6.45, 7) is -1.11. The molecule has 1 aromatic rings. The zero-order valence-corrected chi connectivity index (χ0v) is 17.3. The lowest BCUT2D eigenvalue weighted by atomic mass is 9.93. The number of hydrogen-bond donors (Lipinski definition) is 4. The van der Waals surface area contributed by atoms with Crippen molar-refractivity contribution in [3.63, 3.8) is 0 Å². The lowest BCUT2D eigenvalue weighted by Gasteiger charge is -2.29. The molecule has 1 amide bonds. The predicted octanol–water partition coefficient (Wildman–Crippen LogP) is 2.84. The summed E-state index contributed by atoms with van der Waals surface area (Å²) in [6.07, 6.45) is 2.59. The maximum absolute atomic E-state index is 12.3. The molecule has 2 saturated carbocycles. The number of aliphatic hydroxyl groups excluding tert-OH is 1. The van der Waals surface area contributed by atoms with Gasteiger partial charge in [0.1, 0.15) is 12.4 Å². The maximum atomic E-state index is 12.3. The summed E-state index contributed by atoms with van der Waals surface area (Å²) in [6, 6.07) is 0.0980. The third kappa shape index (κ3) is 6.93. The van der Waals surface area contributed by atoms with E-state index in [4.69, 9.17) is 10.5 Å². The lowest BCUT2D eigenvalue weighted by Crippen LogP contribution is -2.33. The average Bonchev–Trinajstić information content (AvgIpc) is 3.14. The summed E-state index contributed by atoms with van der Waals surface area (Å²) in [5.74, 6) is 0.364. The van der Waals surface area contributed by atoms with Gasteiger partial charge >= 0.3 is 6.18 Å². The number of ether oxygens (including phenoxy) is 1. The number of carbonyl (C=O) groups is 1. The molecule has 8 nitrogen and oxygen atoms in total. The molecule has 3 rings (SSSR count). The van der Waals surface area contributed by atoms with Gasteiger partial charge in [0.25, 0.3) is 5.91 Å². The van der Waals surface area contributed by atoms with Crippen LogP contribution < -0.4 is 16.4 Å². The molecular weight excluding hydrogens is 415 g/mol. The number of rotatable bonds is 9. The van der Waals surface area contributed by atoms with Crippen LogP contribution in [0.4, 0.5) is 24.9 Å². The van der Waals surface area contributed by atoms with Crippen LogP contribution in [-0.4, -0.2) is 58.6 Å². The molecule has 0 saturated heterocycles. The first-order chi connectivity index (χ1) is 14.7. The first-order valence-corrected chi connectivity index (χ1v) is 10.7. The van der Waals surface area contributed by atoms with Crippen LogP contribution in [0.15, 0.2) is 6.20 Å². The van der Waals surface area contributed by atoms with Crippen LogP contribution in [0.3, 0.4) is 0 Å². The minimum absolute atomic E-state index is 0.00614. The molecule has 0 radical (unpaired) electrons. The maximum Gasteiger partial charge on any atom is 0.411 e. The predicted molar refractivity (Wildman–Crippen MR) is 109 cm³/mol. The van der Waals surface area contributed by atoms with Crippen molar-refractivity contribution in [1.29, 1.82) is 0 Å². The summed E-state index contributed by atoms with van der Waals surface area (Å²) in [5.41, 5.74) is 5.68. The molecule has 1 heterocycles. The Labute approximate surface area is 179 Å². The van der Waals surface area contributed by atoms with Gasteiger partial charge in [-0.3, -0.25) is 4.79 Å². The highest BCUT2D eigenvalue weighted by atomic mass is 19.4. The van der Waals surface area contributed by atoms with Gasteiger partial charge in [-0.1, -0.05) is 6.42 Å². The van der Waals surface area contributed by atoms with Gasteiger partial charge in [-0.25, -0.2) is 4.98 Å². The Morgan fingerprint density at radius 3 is 2.58 bits per heavy atom. The Morgan fingerprint density at radius 1 is 1.19 bits per heavy atom. The number of carbonyl (C=O) groups excluding carboxylic acids is 1. The van der Waals surface area contributed by atoms with Crippen LogP contribution >= 0.6 is 0 Å². The van der Waals surface area contributed by atoms with Crippen LogP contribution in [0.1, 0.15) is 61.7 Å². The van der Waals surface area contributed by atoms with Gasteiger partial charge in [0.05, 0.1) is 11.7 Å². The fourth-order valence-electron chi connectivity index (χ4n) is 4.42. The summed E-state index contributed by atoms with van der Waals surface area (Å²) >= 11 is 0. The normalized spacial score (nSPS) is 26.6. The average molecular weight is 445 g/mol. The van der Waals surface area contributed by atoms with E-state index in [1.807, 2.05) is 0 Å². The van der Waals surface area contributed by atoms with Crippen molar-refractivity contribution in [2.24, 2.45) is 11.7 Å². The molecule has 2 fully saturated rings. The van der Waals surface area contributed by atoms with Crippen molar-refractivity contribution in [1.82, 2.24) is 9.97 Å². The molecule has 2 aliphatic rings. The number of aromatic nitrogens is 2. The molecule has 2 aliphatic carbocycles. The van der Waals surface area contributed by atoms with E-state index in [1.165, 1.54) is 6.20 Å². The second-order valence-electron chi connectivity index (χ2n) is 8.32. The Hall–Kier alpha value is -2.14. The fourth-order valence-corrected chi connectivity index (χ4v) is 4.42. The highest BCUT2D eigenvalue weighted by Crippen LogP contribution is 2.31. The Kier molecular flexibility index (Phi) is 7.93. The Morgan fingerprint density at radius 2 is 1.94 bits per heavy atom. The first-order valence-electron chi connectivity index (χ1n) is 10.7. The highest BCUT2D eigenvalue weighted by Gasteiger charge is 2.31. The molecule has 0 spiro atoms. The van der Waals surface area contributed by atoms with Crippen molar-refractivity contribution in [3.05, 3.63) is 11.8 Å². The van der Waals surface area contributed by atoms with Crippen molar-refractivity contribution < 1.29 is 27.8 Å². The molecule has 2 atom stereocenters. The largest absolute Gasteiger partial charge is 0.411 e. The smallest absolute Gasteiger partial charge is 0.396 e. The summed E-state index contributed by atoms with van der Waals surface area (Å²) in [5, 5.41) is 15.8. The molecular formula is C20H30F3N5O3. The topological polar surface area (TPSA) is 122 Å². The SMILES string of the molecule is NC(=O)c1cnc(N[C@H]2CC[C@H](OCC(F)(F)F)CC2)nc1N[C@@H]1CCC[C@H]1CCO. The highest BCUT2D eigenvalue weighted by molar-refractivity contribution is 5.97. The van der Waals surface area contributed by atoms with Gasteiger partial charge in [-0.15, -0.1) is 0 Å². The quantitative estimate of drug-likeness (QED) is 0.461. The molecule has 0 unspecified atom stereocenters. The lowest BCUT2D eigenvalue weighted by molar-refractivity contribution is -0.187. The molecule has 0 bridgehead atoms. The first kappa shape index (κ1) is 23.5. The monoisotopic (exact) mass is 445 g/mol. The molecule has 0 aliphatic heterocycles. The van der Waals surface area contributed by atoms with Gasteiger partial charge < -0.3 is 26.2 Å². The standard InChI is InChI=1S/C20H30F3N5O3/c21-20(22,23)11-31-14-6-4-13(5-7-14)26-19-25-10-15(17(24)30)18(28-19)27-16-3-1-2-12(16)8-9-29/h10,12-14,16,29H,1-9,11H2,(H2,24,30)(H2,25,26,27,28)/t12-,13-,14-,16+/m0/s1. The van der Waals surface area contributed by atoms with Gasteiger partial charge in [0.15, 0.2) is 0 Å². The van der Waals surface area contributed by atoms with Crippen molar-refractivity contribution in [2.75, 3.05) is 23.8 Å². The fraction of sp³-hybridized carbons (Fsp3) is 0.750. The number of nitrogens with zero attached hydrogens (tertiary/aromatic N) is 2. The Bertz CT molecular complexity index is 741. The van der Waals surface area contributed by atoms with E-state index >= 15 is 0 Å². The zero-order valence-electron chi connectivity index (χ0n) is 17.3. The van der Waals surface area contributed by atoms with E-state index < -0.39 is 24.8 Å². The number of amides is 1. The van der Waals surface area contributed by atoms with E-state index in [2.05, 4.69) is 20.6 Å². The zero-order chi connectivity index (χ0) is 22.4. The third-order valence-electron chi connectivity index (χ3n) is 6.03. The van der Waals surface area contributed by atoms with Gasteiger partial charge in [0, 0.05) is 24.9 Å². The van der Waals surface area contributed by atoms with Gasteiger partial charge in [0.2, 0.25) is 5.95 Å². The van der Waals surface area contributed by atoms with E-state index in [-0.39, 0.29) is 24.3 Å². The molecule has 174 valence electrons. The van der Waals surface area contributed by atoms with Crippen molar-refractivity contribution in [2.45, 2.75) is 75.7 Å². The van der Waals surface area contributed by atoms with Crippen LogP contribution in [-0.2, 0) is 4.74 Å². The van der Waals surface area contributed by atoms with Crippen molar-refractivity contribution >= 4 is 17.7 Å².